The van der Waals surface area contributed by atoms with Crippen LogP contribution < -0.4 is 10.2 Å². The Morgan fingerprint density at radius 1 is 0.967 bits per heavy atom. The standard InChI is InChI=1S/C22H25N3O4S/c26-21-13-7-14-24(21)18-9-6-8-17(16-18)23-22(27)20-12-4-5-15-25(20)30(28,29)19-10-2-1-3-11-19/h1-3,6,8-11,16,20H,4-5,7,12-15H2,(H,23,27). The summed E-state index contributed by atoms with van der Waals surface area (Å²) in [7, 11) is -3.76. The van der Waals surface area contributed by atoms with Crippen LogP contribution in [0.1, 0.15) is 32.1 Å². The lowest BCUT2D eigenvalue weighted by Crippen LogP contribution is -2.49. The van der Waals surface area contributed by atoms with Crippen molar-refractivity contribution in [3.8, 4) is 0 Å². The molecule has 0 aliphatic carbocycles. The van der Waals surface area contributed by atoms with Gasteiger partial charge in [-0.25, -0.2) is 8.42 Å². The summed E-state index contributed by atoms with van der Waals surface area (Å²) in [6.45, 7) is 0.986. The molecular weight excluding hydrogens is 402 g/mol. The maximum absolute atomic E-state index is 13.1. The summed E-state index contributed by atoms with van der Waals surface area (Å²) in [6.07, 6.45) is 3.35. The first-order chi connectivity index (χ1) is 14.5. The molecule has 2 heterocycles. The molecule has 0 bridgehead atoms. The SMILES string of the molecule is O=C(Nc1cccc(N2CCCC2=O)c1)C1CCCCN1S(=O)(=O)c1ccccc1. The molecule has 0 radical (unpaired) electrons. The number of carbonyl (C=O) groups is 2. The number of carbonyl (C=O) groups excluding carboxylic acids is 2. The van der Waals surface area contributed by atoms with Crippen molar-refractivity contribution in [2.45, 2.75) is 43.0 Å². The van der Waals surface area contributed by atoms with Crippen LogP contribution in [0.15, 0.2) is 59.5 Å². The van der Waals surface area contributed by atoms with Gasteiger partial charge in [0.2, 0.25) is 21.8 Å². The highest BCUT2D eigenvalue weighted by molar-refractivity contribution is 7.89. The molecule has 2 aromatic carbocycles. The van der Waals surface area contributed by atoms with Gasteiger partial charge in [-0.2, -0.15) is 4.31 Å². The second-order valence-corrected chi connectivity index (χ2v) is 9.52. The summed E-state index contributed by atoms with van der Waals surface area (Å²) in [5.41, 5.74) is 1.30. The second kappa shape index (κ2) is 8.57. The van der Waals surface area contributed by atoms with E-state index < -0.39 is 16.1 Å². The van der Waals surface area contributed by atoms with Crippen molar-refractivity contribution >= 4 is 33.2 Å². The molecule has 0 spiro atoms. The van der Waals surface area contributed by atoms with Gasteiger partial charge in [0, 0.05) is 30.9 Å². The third kappa shape index (κ3) is 4.11. The van der Waals surface area contributed by atoms with Gasteiger partial charge in [0.05, 0.1) is 4.90 Å². The lowest BCUT2D eigenvalue weighted by atomic mass is 10.0. The van der Waals surface area contributed by atoms with E-state index in [1.54, 1.807) is 53.4 Å². The number of nitrogens with one attached hydrogen (secondary N) is 1. The molecule has 30 heavy (non-hydrogen) atoms. The zero-order valence-electron chi connectivity index (χ0n) is 16.7. The maximum Gasteiger partial charge on any atom is 0.243 e. The monoisotopic (exact) mass is 427 g/mol. The minimum atomic E-state index is -3.76. The number of benzene rings is 2. The first kappa shape index (κ1) is 20.6. The number of anilines is 2. The largest absolute Gasteiger partial charge is 0.325 e. The van der Waals surface area contributed by atoms with E-state index in [-0.39, 0.29) is 16.7 Å². The Labute approximate surface area is 176 Å². The second-order valence-electron chi connectivity index (χ2n) is 7.63. The van der Waals surface area contributed by atoms with Crippen molar-refractivity contribution < 1.29 is 18.0 Å². The van der Waals surface area contributed by atoms with Gasteiger partial charge in [-0.05, 0) is 49.6 Å². The minimum absolute atomic E-state index is 0.0749. The number of rotatable bonds is 5. The fourth-order valence-electron chi connectivity index (χ4n) is 4.08. The highest BCUT2D eigenvalue weighted by atomic mass is 32.2. The lowest BCUT2D eigenvalue weighted by Gasteiger charge is -2.33. The van der Waals surface area contributed by atoms with E-state index in [1.165, 1.54) is 4.31 Å². The van der Waals surface area contributed by atoms with Gasteiger partial charge >= 0.3 is 0 Å². The molecule has 2 fully saturated rings. The minimum Gasteiger partial charge on any atom is -0.325 e. The summed E-state index contributed by atoms with van der Waals surface area (Å²) < 4.78 is 27.6. The highest BCUT2D eigenvalue weighted by Gasteiger charge is 2.37. The molecule has 0 aromatic heterocycles. The van der Waals surface area contributed by atoms with Crippen LogP contribution in [0.25, 0.3) is 0 Å². The molecule has 2 amide bonds. The van der Waals surface area contributed by atoms with E-state index in [4.69, 9.17) is 0 Å². The van der Waals surface area contributed by atoms with Crippen LogP contribution in [0.4, 0.5) is 11.4 Å². The van der Waals surface area contributed by atoms with Gasteiger partial charge in [-0.1, -0.05) is 30.7 Å². The summed E-state index contributed by atoms with van der Waals surface area (Å²) in [5, 5.41) is 2.86. The third-order valence-corrected chi connectivity index (χ3v) is 7.53. The Morgan fingerprint density at radius 3 is 2.50 bits per heavy atom. The normalized spacial score (nSPS) is 20.3. The summed E-state index contributed by atoms with van der Waals surface area (Å²) in [6, 6.07) is 14.6. The van der Waals surface area contributed by atoms with Gasteiger partial charge in [-0.15, -0.1) is 0 Å². The zero-order valence-corrected chi connectivity index (χ0v) is 17.5. The predicted molar refractivity (Wildman–Crippen MR) is 115 cm³/mol. The van der Waals surface area contributed by atoms with Crippen LogP contribution in [0.3, 0.4) is 0 Å². The Bertz CT molecular complexity index is 1040. The van der Waals surface area contributed by atoms with E-state index in [0.717, 1.165) is 24.9 Å². The lowest BCUT2D eigenvalue weighted by molar-refractivity contribution is -0.120. The fraction of sp³-hybridized carbons (Fsp3) is 0.364. The maximum atomic E-state index is 13.1. The molecule has 7 nitrogen and oxygen atoms in total. The summed E-state index contributed by atoms with van der Waals surface area (Å²) >= 11 is 0. The van der Waals surface area contributed by atoms with E-state index in [0.29, 0.717) is 31.6 Å². The van der Waals surface area contributed by atoms with Crippen molar-refractivity contribution in [1.82, 2.24) is 4.31 Å². The van der Waals surface area contributed by atoms with E-state index in [9.17, 15) is 18.0 Å². The van der Waals surface area contributed by atoms with Gasteiger partial charge in [-0.3, -0.25) is 9.59 Å². The molecule has 2 saturated heterocycles. The molecule has 1 unspecified atom stereocenters. The quantitative estimate of drug-likeness (QED) is 0.795. The number of nitrogens with zero attached hydrogens (tertiary/aromatic N) is 2. The Balaban J connectivity index is 1.54. The van der Waals surface area contributed by atoms with Crippen molar-refractivity contribution in [1.29, 1.82) is 0 Å². The first-order valence-corrected chi connectivity index (χ1v) is 11.7. The van der Waals surface area contributed by atoms with Crippen LogP contribution in [0, 0.1) is 0 Å². The van der Waals surface area contributed by atoms with Gasteiger partial charge in [0.15, 0.2) is 0 Å². The van der Waals surface area contributed by atoms with Crippen LogP contribution in [0.2, 0.25) is 0 Å². The summed E-state index contributed by atoms with van der Waals surface area (Å²) in [4.78, 5) is 27.0. The molecule has 1 atom stereocenters. The van der Waals surface area contributed by atoms with Crippen molar-refractivity contribution in [3.05, 3.63) is 54.6 Å². The van der Waals surface area contributed by atoms with Crippen LogP contribution >= 0.6 is 0 Å². The molecule has 8 heteroatoms. The molecule has 4 rings (SSSR count). The zero-order chi connectivity index (χ0) is 21.1. The van der Waals surface area contributed by atoms with E-state index >= 15 is 0 Å². The number of amides is 2. The number of sulfonamides is 1. The van der Waals surface area contributed by atoms with Crippen LogP contribution in [0.5, 0.6) is 0 Å². The molecule has 2 aromatic rings. The number of hydrogen-bond donors (Lipinski definition) is 1. The molecule has 2 aliphatic rings. The topological polar surface area (TPSA) is 86.8 Å². The van der Waals surface area contributed by atoms with Crippen molar-refractivity contribution in [2.24, 2.45) is 0 Å². The van der Waals surface area contributed by atoms with Gasteiger partial charge < -0.3 is 10.2 Å². The van der Waals surface area contributed by atoms with E-state index in [2.05, 4.69) is 5.32 Å². The van der Waals surface area contributed by atoms with Crippen LogP contribution in [-0.2, 0) is 19.6 Å². The number of hydrogen-bond acceptors (Lipinski definition) is 4. The Kier molecular flexibility index (Phi) is 5.87. The third-order valence-electron chi connectivity index (χ3n) is 5.60. The molecular formula is C22H25N3O4S. The summed E-state index contributed by atoms with van der Waals surface area (Å²) in [5.74, 6) is -0.273. The van der Waals surface area contributed by atoms with Crippen molar-refractivity contribution in [2.75, 3.05) is 23.3 Å². The Hall–Kier alpha value is -2.71. The molecule has 158 valence electrons. The molecule has 2 aliphatic heterocycles. The average molecular weight is 428 g/mol. The Morgan fingerprint density at radius 2 is 1.77 bits per heavy atom. The van der Waals surface area contributed by atoms with E-state index in [1.807, 2.05) is 6.07 Å². The number of piperidine rings is 1. The molecule has 1 N–H and O–H groups in total. The van der Waals surface area contributed by atoms with Gasteiger partial charge in [0.1, 0.15) is 6.04 Å². The predicted octanol–water partition coefficient (Wildman–Crippen LogP) is 3.00. The first-order valence-electron chi connectivity index (χ1n) is 10.2. The average Bonchev–Trinajstić information content (AvgIpc) is 3.20. The van der Waals surface area contributed by atoms with Gasteiger partial charge in [0.25, 0.3) is 0 Å². The van der Waals surface area contributed by atoms with Crippen molar-refractivity contribution in [3.63, 3.8) is 0 Å². The van der Waals surface area contributed by atoms with Crippen LogP contribution in [-0.4, -0.2) is 43.7 Å². The fourth-order valence-corrected chi connectivity index (χ4v) is 5.76. The highest BCUT2D eigenvalue weighted by Crippen LogP contribution is 2.28. The smallest absolute Gasteiger partial charge is 0.243 e. The molecule has 0 saturated carbocycles.